The summed E-state index contributed by atoms with van der Waals surface area (Å²) in [6, 6.07) is 9.63. The van der Waals surface area contributed by atoms with Crippen LogP contribution in [0.25, 0.3) is 6.08 Å². The lowest BCUT2D eigenvalue weighted by Crippen LogP contribution is -2.23. The normalized spacial score (nSPS) is 10.7. The average Bonchev–Trinajstić information content (AvgIpc) is 2.91. The number of hydrogen-bond donors (Lipinski definition) is 1. The molecule has 2 aromatic rings. The molecule has 1 aromatic carbocycles. The summed E-state index contributed by atoms with van der Waals surface area (Å²) in [6.07, 6.45) is 7.56. The van der Waals surface area contributed by atoms with Gasteiger partial charge in [-0.2, -0.15) is 5.10 Å². The lowest BCUT2D eigenvalue weighted by atomic mass is 10.3. The third-order valence-electron chi connectivity index (χ3n) is 2.78. The number of ether oxygens (including phenoxy) is 1. The summed E-state index contributed by atoms with van der Waals surface area (Å²) in [5.41, 5.74) is 0.903. The van der Waals surface area contributed by atoms with Crippen LogP contribution in [0.4, 0.5) is 0 Å². The summed E-state index contributed by atoms with van der Waals surface area (Å²) in [6.45, 7) is 1.17. The van der Waals surface area contributed by atoms with Crippen LogP contribution >= 0.6 is 0 Å². The predicted octanol–water partition coefficient (Wildman–Crippen LogP) is 2.02. The van der Waals surface area contributed by atoms with E-state index < -0.39 is 0 Å². The molecule has 1 N–H and O–H groups in total. The van der Waals surface area contributed by atoms with Crippen LogP contribution < -0.4 is 10.1 Å². The van der Waals surface area contributed by atoms with E-state index in [4.69, 9.17) is 4.74 Å². The number of aromatic nitrogens is 2. The molecule has 21 heavy (non-hydrogen) atoms. The molecular weight excluding hydrogens is 266 g/mol. The molecule has 5 heteroatoms. The Morgan fingerprint density at radius 1 is 1.38 bits per heavy atom. The van der Waals surface area contributed by atoms with Crippen LogP contribution in [-0.2, 0) is 11.8 Å². The summed E-state index contributed by atoms with van der Waals surface area (Å²) in [5.74, 6) is 0.735. The van der Waals surface area contributed by atoms with Gasteiger partial charge in [0, 0.05) is 31.4 Å². The third-order valence-corrected chi connectivity index (χ3v) is 2.78. The molecule has 2 rings (SSSR count). The number of nitrogens with zero attached hydrogens (tertiary/aromatic N) is 2. The smallest absolute Gasteiger partial charge is 0.244 e. The number of para-hydroxylation sites is 1. The van der Waals surface area contributed by atoms with Gasteiger partial charge >= 0.3 is 0 Å². The van der Waals surface area contributed by atoms with Gasteiger partial charge in [0.25, 0.3) is 0 Å². The molecule has 0 radical (unpaired) electrons. The molecule has 0 fully saturated rings. The van der Waals surface area contributed by atoms with Gasteiger partial charge in [-0.25, -0.2) is 0 Å². The highest BCUT2D eigenvalue weighted by Gasteiger charge is 1.97. The highest BCUT2D eigenvalue weighted by molar-refractivity contribution is 5.91. The maximum absolute atomic E-state index is 11.6. The molecule has 0 unspecified atom stereocenters. The highest BCUT2D eigenvalue weighted by Crippen LogP contribution is 2.08. The Labute approximate surface area is 124 Å². The van der Waals surface area contributed by atoms with E-state index in [0.717, 1.165) is 17.7 Å². The number of nitrogens with one attached hydrogen (secondary N) is 1. The van der Waals surface area contributed by atoms with Crippen LogP contribution in [0.1, 0.15) is 12.0 Å². The molecule has 0 bridgehead atoms. The van der Waals surface area contributed by atoms with Crippen LogP contribution in [-0.4, -0.2) is 28.8 Å². The van der Waals surface area contributed by atoms with E-state index in [9.17, 15) is 4.79 Å². The molecule has 0 atom stereocenters. The second kappa shape index (κ2) is 7.89. The van der Waals surface area contributed by atoms with Gasteiger partial charge in [0.05, 0.1) is 12.8 Å². The van der Waals surface area contributed by atoms with Crippen molar-refractivity contribution in [2.24, 2.45) is 7.05 Å². The summed E-state index contributed by atoms with van der Waals surface area (Å²) in [7, 11) is 1.84. The van der Waals surface area contributed by atoms with Gasteiger partial charge in [0.1, 0.15) is 5.75 Å². The van der Waals surface area contributed by atoms with Crippen molar-refractivity contribution in [3.05, 3.63) is 54.4 Å². The van der Waals surface area contributed by atoms with E-state index in [2.05, 4.69) is 10.4 Å². The van der Waals surface area contributed by atoms with E-state index in [-0.39, 0.29) is 5.91 Å². The summed E-state index contributed by atoms with van der Waals surface area (Å²) in [5, 5.41) is 6.84. The van der Waals surface area contributed by atoms with Gasteiger partial charge in [-0.15, -0.1) is 0 Å². The lowest BCUT2D eigenvalue weighted by Gasteiger charge is -2.05. The Morgan fingerprint density at radius 3 is 2.90 bits per heavy atom. The first-order chi connectivity index (χ1) is 10.2. The highest BCUT2D eigenvalue weighted by atomic mass is 16.5. The molecule has 0 aliphatic rings. The van der Waals surface area contributed by atoms with Gasteiger partial charge in [-0.05, 0) is 24.6 Å². The minimum absolute atomic E-state index is 0.112. The number of aryl methyl sites for hydroxylation is 1. The molecule has 0 aliphatic carbocycles. The van der Waals surface area contributed by atoms with Gasteiger partial charge < -0.3 is 10.1 Å². The van der Waals surface area contributed by atoms with Gasteiger partial charge in [0.2, 0.25) is 5.91 Å². The standard InChI is InChI=1S/C16H19N3O2/c1-19-13-14(12-18-19)8-9-16(20)17-10-5-11-21-15-6-3-2-4-7-15/h2-4,6-9,12-13H,5,10-11H2,1H3,(H,17,20)/b9-8-. The number of rotatable bonds is 7. The van der Waals surface area contributed by atoms with Crippen molar-refractivity contribution < 1.29 is 9.53 Å². The third kappa shape index (κ3) is 5.52. The minimum Gasteiger partial charge on any atom is -0.494 e. The molecule has 1 heterocycles. The quantitative estimate of drug-likeness (QED) is 0.625. The second-order valence-electron chi connectivity index (χ2n) is 4.59. The Morgan fingerprint density at radius 2 is 2.19 bits per heavy atom. The van der Waals surface area contributed by atoms with Crippen molar-refractivity contribution in [3.8, 4) is 5.75 Å². The zero-order chi connectivity index (χ0) is 14.9. The minimum atomic E-state index is -0.112. The fourth-order valence-electron chi connectivity index (χ4n) is 1.75. The van der Waals surface area contributed by atoms with Crippen molar-refractivity contribution >= 4 is 12.0 Å². The van der Waals surface area contributed by atoms with Gasteiger partial charge in [0.15, 0.2) is 0 Å². The zero-order valence-electron chi connectivity index (χ0n) is 12.0. The van der Waals surface area contributed by atoms with Crippen LogP contribution in [0, 0.1) is 0 Å². The molecule has 110 valence electrons. The molecule has 0 spiro atoms. The van der Waals surface area contributed by atoms with Crippen LogP contribution in [0.5, 0.6) is 5.75 Å². The van der Waals surface area contributed by atoms with Crippen molar-refractivity contribution in [1.29, 1.82) is 0 Å². The molecule has 1 aromatic heterocycles. The molecule has 0 saturated carbocycles. The molecule has 1 amide bonds. The predicted molar refractivity (Wildman–Crippen MR) is 81.8 cm³/mol. The topological polar surface area (TPSA) is 56.2 Å². The molecular formula is C16H19N3O2. The molecule has 0 aliphatic heterocycles. The van der Waals surface area contributed by atoms with E-state index in [1.807, 2.05) is 43.6 Å². The first-order valence-corrected chi connectivity index (χ1v) is 6.86. The summed E-state index contributed by atoms with van der Waals surface area (Å²) >= 11 is 0. The Hall–Kier alpha value is -2.56. The van der Waals surface area contributed by atoms with Crippen LogP contribution in [0.2, 0.25) is 0 Å². The zero-order valence-corrected chi connectivity index (χ0v) is 12.0. The Balaban J connectivity index is 1.60. The summed E-state index contributed by atoms with van der Waals surface area (Å²) in [4.78, 5) is 11.6. The van der Waals surface area contributed by atoms with Crippen molar-refractivity contribution in [1.82, 2.24) is 15.1 Å². The second-order valence-corrected chi connectivity index (χ2v) is 4.59. The fourth-order valence-corrected chi connectivity index (χ4v) is 1.75. The monoisotopic (exact) mass is 285 g/mol. The van der Waals surface area contributed by atoms with E-state index in [0.29, 0.717) is 13.2 Å². The first kappa shape index (κ1) is 14.8. The van der Waals surface area contributed by atoms with Crippen molar-refractivity contribution in [2.45, 2.75) is 6.42 Å². The molecule has 5 nitrogen and oxygen atoms in total. The lowest BCUT2D eigenvalue weighted by molar-refractivity contribution is -0.116. The summed E-state index contributed by atoms with van der Waals surface area (Å²) < 4.78 is 7.23. The maximum Gasteiger partial charge on any atom is 0.244 e. The SMILES string of the molecule is Cn1cc(/C=C\C(=O)NCCCOc2ccccc2)cn1. The number of hydrogen-bond acceptors (Lipinski definition) is 3. The van der Waals surface area contributed by atoms with Crippen LogP contribution in [0.15, 0.2) is 48.8 Å². The maximum atomic E-state index is 11.6. The van der Waals surface area contributed by atoms with Crippen molar-refractivity contribution in [3.63, 3.8) is 0 Å². The Kier molecular flexibility index (Phi) is 5.58. The average molecular weight is 285 g/mol. The van der Waals surface area contributed by atoms with E-state index >= 15 is 0 Å². The first-order valence-electron chi connectivity index (χ1n) is 6.86. The van der Waals surface area contributed by atoms with Gasteiger partial charge in [-0.1, -0.05) is 18.2 Å². The van der Waals surface area contributed by atoms with Gasteiger partial charge in [-0.3, -0.25) is 9.48 Å². The fraction of sp³-hybridized carbons (Fsp3) is 0.250. The number of benzene rings is 1. The van der Waals surface area contributed by atoms with Crippen molar-refractivity contribution in [2.75, 3.05) is 13.2 Å². The molecule has 0 saturated heterocycles. The number of carbonyl (C=O) groups is 1. The number of carbonyl (C=O) groups excluding carboxylic acids is 1. The van der Waals surface area contributed by atoms with Crippen LogP contribution in [0.3, 0.4) is 0 Å². The van der Waals surface area contributed by atoms with E-state index in [1.54, 1.807) is 17.0 Å². The number of amides is 1. The van der Waals surface area contributed by atoms with E-state index in [1.165, 1.54) is 6.08 Å². The largest absolute Gasteiger partial charge is 0.494 e. The Bertz CT molecular complexity index is 591.